The van der Waals surface area contributed by atoms with Crippen LogP contribution < -0.4 is 16.4 Å². The minimum absolute atomic E-state index is 0.146. The van der Waals surface area contributed by atoms with Gasteiger partial charge in [-0.1, -0.05) is 0 Å². The summed E-state index contributed by atoms with van der Waals surface area (Å²) < 4.78 is 6.96. The molecule has 10 heteroatoms. The molecule has 0 fully saturated rings. The van der Waals surface area contributed by atoms with Crippen LogP contribution in [0.1, 0.15) is 16.2 Å². The molecule has 0 bridgehead atoms. The number of nitrogens with zero attached hydrogens (tertiary/aromatic N) is 4. The van der Waals surface area contributed by atoms with E-state index in [1.807, 2.05) is 17.7 Å². The van der Waals surface area contributed by atoms with Crippen LogP contribution in [-0.4, -0.2) is 50.9 Å². The molecule has 10 nitrogen and oxygen atoms in total. The lowest BCUT2D eigenvalue weighted by Gasteiger charge is -2.05. The van der Waals surface area contributed by atoms with Crippen molar-refractivity contribution in [2.24, 2.45) is 7.05 Å². The van der Waals surface area contributed by atoms with E-state index in [4.69, 9.17) is 10.5 Å². The van der Waals surface area contributed by atoms with Gasteiger partial charge in [0.2, 0.25) is 11.9 Å². The normalized spacial score (nSPS) is 11.0. The highest BCUT2D eigenvalue weighted by atomic mass is 16.5. The first-order chi connectivity index (χ1) is 12.1. The molecule has 0 spiro atoms. The Morgan fingerprint density at radius 2 is 2.24 bits per heavy atom. The summed E-state index contributed by atoms with van der Waals surface area (Å²) in [5.41, 5.74) is 7.61. The van der Waals surface area contributed by atoms with Crippen molar-refractivity contribution in [3.05, 3.63) is 29.6 Å². The van der Waals surface area contributed by atoms with Crippen molar-refractivity contribution < 1.29 is 9.53 Å². The Bertz CT molecular complexity index is 885. The van der Waals surface area contributed by atoms with Crippen molar-refractivity contribution in [2.45, 2.75) is 6.54 Å². The number of ether oxygens (including phenoxy) is 1. The monoisotopic (exact) mass is 344 g/mol. The summed E-state index contributed by atoms with van der Waals surface area (Å²) in [5.74, 6) is 1.14. The number of hydrogen-bond acceptors (Lipinski definition) is 7. The highest BCUT2D eigenvalue weighted by Gasteiger charge is 2.12. The van der Waals surface area contributed by atoms with Crippen LogP contribution >= 0.6 is 0 Å². The predicted octanol–water partition coefficient (Wildman–Crippen LogP) is 0.262. The van der Waals surface area contributed by atoms with Gasteiger partial charge in [0.25, 0.3) is 5.91 Å². The van der Waals surface area contributed by atoms with E-state index >= 15 is 0 Å². The van der Waals surface area contributed by atoms with Crippen LogP contribution in [0.2, 0.25) is 0 Å². The van der Waals surface area contributed by atoms with E-state index in [1.165, 1.54) is 0 Å². The molecule has 2 aromatic heterocycles. The summed E-state index contributed by atoms with van der Waals surface area (Å²) in [4.78, 5) is 20.8. The molecule has 1 amide bonds. The largest absolute Gasteiger partial charge is 0.383 e. The molecule has 0 radical (unpaired) electrons. The number of carbonyl (C=O) groups excluding carboxylic acids is 1. The van der Waals surface area contributed by atoms with Crippen molar-refractivity contribution >= 4 is 28.8 Å². The van der Waals surface area contributed by atoms with Gasteiger partial charge < -0.3 is 25.7 Å². The van der Waals surface area contributed by atoms with Gasteiger partial charge in [-0.3, -0.25) is 9.89 Å². The number of nitrogens with one attached hydrogen (secondary N) is 3. The molecule has 3 aromatic rings. The quantitative estimate of drug-likeness (QED) is 0.451. The van der Waals surface area contributed by atoms with Crippen molar-refractivity contribution in [3.63, 3.8) is 0 Å². The molecule has 132 valence electrons. The molecule has 0 saturated carbocycles. The number of carbonyl (C=O) groups is 1. The molecular formula is C15H20N8O2. The van der Waals surface area contributed by atoms with Crippen LogP contribution in [0.3, 0.4) is 0 Å². The van der Waals surface area contributed by atoms with Gasteiger partial charge in [-0.25, -0.2) is 4.98 Å². The fourth-order valence-electron chi connectivity index (χ4n) is 2.42. The maximum Gasteiger partial charge on any atom is 0.251 e. The van der Waals surface area contributed by atoms with Crippen LogP contribution in [-0.2, 0) is 18.3 Å². The molecule has 0 unspecified atom stereocenters. The van der Waals surface area contributed by atoms with Gasteiger partial charge in [-0.2, -0.15) is 4.98 Å². The number of amides is 1. The first-order valence-corrected chi connectivity index (χ1v) is 7.72. The lowest BCUT2D eigenvalue weighted by molar-refractivity contribution is 0.0950. The smallest absolute Gasteiger partial charge is 0.251 e. The summed E-state index contributed by atoms with van der Waals surface area (Å²) in [5, 5.41) is 12.3. The van der Waals surface area contributed by atoms with E-state index in [-0.39, 0.29) is 18.4 Å². The Morgan fingerprint density at radius 1 is 1.40 bits per heavy atom. The molecule has 0 atom stereocenters. The van der Waals surface area contributed by atoms with Crippen molar-refractivity contribution in [1.29, 1.82) is 0 Å². The number of H-pyrrole nitrogens is 1. The molecular weight excluding hydrogens is 324 g/mol. The second-order valence-corrected chi connectivity index (χ2v) is 5.44. The lowest BCUT2D eigenvalue weighted by atomic mass is 10.2. The summed E-state index contributed by atoms with van der Waals surface area (Å²) in [6.45, 7) is 1.46. The molecule has 5 N–H and O–H groups in total. The SMILES string of the molecule is COCCNc1nc2cc(C(=O)NCc3nc(N)n[nH]3)ccc2n1C. The average molecular weight is 344 g/mol. The third-order valence-corrected chi connectivity index (χ3v) is 3.70. The van der Waals surface area contributed by atoms with Gasteiger partial charge in [0.05, 0.1) is 24.2 Å². The fourth-order valence-corrected chi connectivity index (χ4v) is 2.42. The topological polar surface area (TPSA) is 136 Å². The number of hydrogen-bond donors (Lipinski definition) is 4. The van der Waals surface area contributed by atoms with Gasteiger partial charge in [-0.05, 0) is 18.2 Å². The number of fused-ring (bicyclic) bond motifs is 1. The number of methoxy groups -OCH3 is 1. The molecule has 0 saturated heterocycles. The Hall–Kier alpha value is -3.14. The Balaban J connectivity index is 1.72. The van der Waals surface area contributed by atoms with Crippen molar-refractivity contribution in [1.82, 2.24) is 30.0 Å². The average Bonchev–Trinajstić information content (AvgIpc) is 3.16. The molecule has 2 heterocycles. The van der Waals surface area contributed by atoms with Gasteiger partial charge >= 0.3 is 0 Å². The molecule has 0 aliphatic carbocycles. The highest BCUT2D eigenvalue weighted by Crippen LogP contribution is 2.19. The second kappa shape index (κ2) is 7.18. The molecule has 1 aromatic carbocycles. The third kappa shape index (κ3) is 3.69. The van der Waals surface area contributed by atoms with Gasteiger partial charge in [0, 0.05) is 26.3 Å². The Kier molecular flexibility index (Phi) is 4.80. The predicted molar refractivity (Wildman–Crippen MR) is 93.0 cm³/mol. The first kappa shape index (κ1) is 16.7. The van der Waals surface area contributed by atoms with Gasteiger partial charge in [-0.15, -0.1) is 5.10 Å². The van der Waals surface area contributed by atoms with E-state index in [0.29, 0.717) is 24.5 Å². The highest BCUT2D eigenvalue weighted by molar-refractivity contribution is 5.97. The molecule has 0 aliphatic heterocycles. The van der Waals surface area contributed by atoms with E-state index < -0.39 is 0 Å². The zero-order valence-corrected chi connectivity index (χ0v) is 14.0. The number of nitrogen functional groups attached to an aromatic ring is 1. The number of benzene rings is 1. The van der Waals surface area contributed by atoms with Gasteiger partial charge in [0.1, 0.15) is 5.82 Å². The second-order valence-electron chi connectivity index (χ2n) is 5.44. The maximum atomic E-state index is 12.3. The van der Waals surface area contributed by atoms with Gasteiger partial charge in [0.15, 0.2) is 0 Å². The Labute approximate surface area is 143 Å². The molecule has 25 heavy (non-hydrogen) atoms. The zero-order chi connectivity index (χ0) is 17.8. The summed E-state index contributed by atoms with van der Waals surface area (Å²) in [6.07, 6.45) is 0. The summed E-state index contributed by atoms with van der Waals surface area (Å²) in [6, 6.07) is 5.37. The van der Waals surface area contributed by atoms with Crippen LogP contribution in [0, 0.1) is 0 Å². The van der Waals surface area contributed by atoms with E-state index in [0.717, 1.165) is 17.0 Å². The molecule has 0 aliphatic rings. The summed E-state index contributed by atoms with van der Waals surface area (Å²) in [7, 11) is 3.56. The first-order valence-electron chi connectivity index (χ1n) is 7.72. The van der Waals surface area contributed by atoms with E-state index in [1.54, 1.807) is 19.2 Å². The number of aromatic amines is 1. The standard InChI is InChI=1S/C15H20N8O2/c1-23-11-4-3-9(7-10(11)19-15(23)17-5-6-25-2)13(24)18-8-12-20-14(16)22-21-12/h3-4,7H,5-6,8H2,1-2H3,(H,17,19)(H,18,24)(H3,16,20,21,22). The minimum Gasteiger partial charge on any atom is -0.383 e. The van der Waals surface area contributed by atoms with Crippen molar-refractivity contribution in [2.75, 3.05) is 31.3 Å². The summed E-state index contributed by atoms with van der Waals surface area (Å²) >= 11 is 0. The zero-order valence-electron chi connectivity index (χ0n) is 14.0. The number of aromatic nitrogens is 5. The number of nitrogens with two attached hydrogens (primary N) is 1. The Morgan fingerprint density at radius 3 is 2.96 bits per heavy atom. The third-order valence-electron chi connectivity index (χ3n) is 3.70. The van der Waals surface area contributed by atoms with E-state index in [9.17, 15) is 4.79 Å². The lowest BCUT2D eigenvalue weighted by Crippen LogP contribution is -2.23. The number of aryl methyl sites for hydroxylation is 1. The maximum absolute atomic E-state index is 12.3. The van der Waals surface area contributed by atoms with Crippen LogP contribution in [0.4, 0.5) is 11.9 Å². The minimum atomic E-state index is -0.226. The number of imidazole rings is 1. The van der Waals surface area contributed by atoms with Crippen LogP contribution in [0.15, 0.2) is 18.2 Å². The molecule has 3 rings (SSSR count). The van der Waals surface area contributed by atoms with Crippen LogP contribution in [0.25, 0.3) is 11.0 Å². The number of anilines is 2. The fraction of sp³-hybridized carbons (Fsp3) is 0.333. The van der Waals surface area contributed by atoms with Crippen LogP contribution in [0.5, 0.6) is 0 Å². The number of rotatable bonds is 7. The van der Waals surface area contributed by atoms with Crippen molar-refractivity contribution in [3.8, 4) is 0 Å². The van der Waals surface area contributed by atoms with E-state index in [2.05, 4.69) is 30.8 Å².